The average Bonchev–Trinajstić information content (AvgIpc) is 2.97. The van der Waals surface area contributed by atoms with Gasteiger partial charge in [-0.05, 0) is 74.8 Å². The summed E-state index contributed by atoms with van der Waals surface area (Å²) in [6.07, 6.45) is 7.68. The molecule has 4 heterocycles. The van der Waals surface area contributed by atoms with Crippen molar-refractivity contribution in [1.82, 2.24) is 10.2 Å². The van der Waals surface area contributed by atoms with Crippen molar-refractivity contribution < 1.29 is 13.2 Å². The maximum Gasteiger partial charge on any atom is 0.232 e. The summed E-state index contributed by atoms with van der Waals surface area (Å²) in [6.45, 7) is 4.43. The lowest BCUT2D eigenvalue weighted by Crippen LogP contribution is -2.71. The van der Waals surface area contributed by atoms with Crippen molar-refractivity contribution in [1.29, 1.82) is 0 Å². The minimum absolute atomic E-state index is 0.183. The van der Waals surface area contributed by atoms with Crippen LogP contribution < -0.4 is 14.4 Å². The number of sulfonamides is 1. The van der Waals surface area contributed by atoms with E-state index in [0.29, 0.717) is 42.3 Å². The average molecular weight is 588 g/mol. The van der Waals surface area contributed by atoms with E-state index in [1.165, 1.54) is 53.8 Å². The van der Waals surface area contributed by atoms with Crippen molar-refractivity contribution in [3.05, 3.63) is 95.6 Å². The molecule has 0 aliphatic carbocycles. The normalized spacial score (nSPS) is 26.9. The molecule has 4 aliphatic rings. The first-order valence-electron chi connectivity index (χ1n) is 15.5. The van der Waals surface area contributed by atoms with Gasteiger partial charge in [0.15, 0.2) is 0 Å². The SMILES string of the molecule is COc1ccc(N(C(C)C)S(C)(=O)=O)cc1CNC1C2CC3CCCC(C2)N3C1C(c1ccccc1)c1ccccc1. The van der Waals surface area contributed by atoms with Gasteiger partial charge in [-0.25, -0.2) is 8.42 Å². The first kappa shape index (κ1) is 29.2. The Morgan fingerprint density at radius 1 is 0.929 bits per heavy atom. The molecule has 1 N–H and O–H groups in total. The van der Waals surface area contributed by atoms with Crippen molar-refractivity contribution >= 4 is 15.7 Å². The highest BCUT2D eigenvalue weighted by Crippen LogP contribution is 2.50. The molecule has 4 saturated heterocycles. The van der Waals surface area contributed by atoms with Gasteiger partial charge in [-0.15, -0.1) is 0 Å². The minimum atomic E-state index is -3.42. The Morgan fingerprint density at radius 2 is 1.52 bits per heavy atom. The maximum atomic E-state index is 12.7. The van der Waals surface area contributed by atoms with Crippen molar-refractivity contribution in [2.45, 2.75) is 88.6 Å². The monoisotopic (exact) mass is 587 g/mol. The van der Waals surface area contributed by atoms with Crippen LogP contribution in [0.1, 0.15) is 68.6 Å². The van der Waals surface area contributed by atoms with Gasteiger partial charge in [0.25, 0.3) is 0 Å². The van der Waals surface area contributed by atoms with Crippen LogP contribution >= 0.6 is 0 Å². The molecule has 4 fully saturated rings. The second-order valence-corrected chi connectivity index (χ2v) is 14.6. The summed E-state index contributed by atoms with van der Waals surface area (Å²) in [5.41, 5.74) is 4.39. The van der Waals surface area contributed by atoms with Crippen LogP contribution in [0, 0.1) is 5.92 Å². The van der Waals surface area contributed by atoms with Crippen LogP contribution in [0.25, 0.3) is 0 Å². The molecule has 0 saturated carbocycles. The lowest BCUT2D eigenvalue weighted by Gasteiger charge is -2.63. The fourth-order valence-corrected chi connectivity index (χ4v) is 9.68. The Hall–Kier alpha value is -2.87. The van der Waals surface area contributed by atoms with E-state index < -0.39 is 10.0 Å². The van der Waals surface area contributed by atoms with Crippen LogP contribution in [0.3, 0.4) is 0 Å². The second-order valence-electron chi connectivity index (χ2n) is 12.8. The van der Waals surface area contributed by atoms with Gasteiger partial charge in [0, 0.05) is 48.2 Å². The number of nitrogens with one attached hydrogen (secondary N) is 1. The first-order chi connectivity index (χ1) is 20.3. The van der Waals surface area contributed by atoms with Gasteiger partial charge in [0.1, 0.15) is 5.75 Å². The van der Waals surface area contributed by atoms with Crippen molar-refractivity contribution in [2.24, 2.45) is 5.92 Å². The lowest BCUT2D eigenvalue weighted by molar-refractivity contribution is -0.101. The van der Waals surface area contributed by atoms with Crippen LogP contribution in [0.4, 0.5) is 5.69 Å². The van der Waals surface area contributed by atoms with Crippen molar-refractivity contribution in [3.63, 3.8) is 0 Å². The molecule has 4 aliphatic heterocycles. The summed E-state index contributed by atoms with van der Waals surface area (Å²) in [6, 6.07) is 29.6. The summed E-state index contributed by atoms with van der Waals surface area (Å²) < 4.78 is 32.7. The zero-order chi connectivity index (χ0) is 29.4. The third kappa shape index (κ3) is 5.59. The number of hydrogen-bond acceptors (Lipinski definition) is 5. The third-order valence-corrected chi connectivity index (χ3v) is 11.2. The number of rotatable bonds is 10. The maximum absolute atomic E-state index is 12.7. The summed E-state index contributed by atoms with van der Waals surface area (Å²) in [4.78, 5) is 2.91. The molecule has 0 amide bonds. The van der Waals surface area contributed by atoms with Gasteiger partial charge >= 0.3 is 0 Å². The third-order valence-electron chi connectivity index (χ3n) is 9.82. The summed E-state index contributed by atoms with van der Waals surface area (Å²) in [7, 11) is -1.73. The molecule has 0 aromatic heterocycles. The molecule has 3 aromatic rings. The minimum Gasteiger partial charge on any atom is -0.496 e. The number of anilines is 1. The van der Waals surface area contributed by atoms with E-state index in [1.807, 2.05) is 32.0 Å². The molecule has 6 nitrogen and oxygen atoms in total. The summed E-state index contributed by atoms with van der Waals surface area (Å²) >= 11 is 0. The van der Waals surface area contributed by atoms with Gasteiger partial charge in [-0.3, -0.25) is 9.21 Å². The van der Waals surface area contributed by atoms with E-state index in [2.05, 4.69) is 70.9 Å². The van der Waals surface area contributed by atoms with E-state index in [9.17, 15) is 8.42 Å². The molecule has 3 aromatic carbocycles. The number of piperidine rings is 4. The highest BCUT2D eigenvalue weighted by atomic mass is 32.2. The molecule has 7 rings (SSSR count). The molecule has 4 bridgehead atoms. The number of methoxy groups -OCH3 is 1. The Kier molecular flexibility index (Phi) is 8.36. The lowest BCUT2D eigenvalue weighted by atomic mass is 9.63. The van der Waals surface area contributed by atoms with Gasteiger partial charge < -0.3 is 10.1 Å². The van der Waals surface area contributed by atoms with Crippen LogP contribution in [-0.4, -0.2) is 56.9 Å². The van der Waals surface area contributed by atoms with Crippen LogP contribution in [-0.2, 0) is 16.6 Å². The molecular weight excluding hydrogens is 542 g/mol. The first-order valence-corrected chi connectivity index (χ1v) is 17.4. The summed E-state index contributed by atoms with van der Waals surface area (Å²) in [5.74, 6) is 1.63. The number of ether oxygens (including phenoxy) is 1. The molecule has 4 unspecified atom stereocenters. The topological polar surface area (TPSA) is 61.9 Å². The fourth-order valence-electron chi connectivity index (χ4n) is 8.42. The van der Waals surface area contributed by atoms with Gasteiger partial charge in [0.2, 0.25) is 10.0 Å². The van der Waals surface area contributed by atoms with Crippen molar-refractivity contribution in [2.75, 3.05) is 17.7 Å². The zero-order valence-corrected chi connectivity index (χ0v) is 26.1. The van der Waals surface area contributed by atoms with Gasteiger partial charge in [0.05, 0.1) is 19.1 Å². The largest absolute Gasteiger partial charge is 0.496 e. The Bertz CT molecular complexity index is 1410. The standard InChI is InChI=1S/C35H45N3O3S/c1-24(2)38(42(4,39)40)31-18-19-32(41-3)28(22-31)23-36-34-27-20-29-16-11-17-30(21-27)37(29)35(34)33(25-12-7-5-8-13-25)26-14-9-6-10-15-26/h5-10,12-15,18-19,22,24,27,29-30,33-36H,11,16-17,20-21,23H2,1-4H3. The summed E-state index contributed by atoms with van der Waals surface area (Å²) in [5, 5.41) is 4.05. The molecular formula is C35H45N3O3S. The quantitative estimate of drug-likeness (QED) is 0.307. The predicted molar refractivity (Wildman–Crippen MR) is 171 cm³/mol. The molecule has 42 heavy (non-hydrogen) atoms. The fraction of sp³-hybridized carbons (Fsp3) is 0.486. The molecule has 4 atom stereocenters. The molecule has 224 valence electrons. The highest BCUT2D eigenvalue weighted by molar-refractivity contribution is 7.92. The van der Waals surface area contributed by atoms with Crippen molar-refractivity contribution in [3.8, 4) is 5.75 Å². The van der Waals surface area contributed by atoms with Crippen LogP contribution in [0.15, 0.2) is 78.9 Å². The Labute approximate surface area is 252 Å². The van der Waals surface area contributed by atoms with Gasteiger partial charge in [-0.1, -0.05) is 67.1 Å². The van der Waals surface area contributed by atoms with E-state index in [0.717, 1.165) is 11.3 Å². The smallest absolute Gasteiger partial charge is 0.232 e. The van der Waals surface area contributed by atoms with Crippen LogP contribution in [0.5, 0.6) is 5.75 Å². The van der Waals surface area contributed by atoms with E-state index in [-0.39, 0.29) is 12.0 Å². The number of nitrogens with zero attached hydrogens (tertiary/aromatic N) is 2. The zero-order valence-electron chi connectivity index (χ0n) is 25.3. The number of benzene rings is 3. The molecule has 0 spiro atoms. The van der Waals surface area contributed by atoms with Crippen LogP contribution in [0.2, 0.25) is 0 Å². The second kappa shape index (κ2) is 12.0. The Balaban J connectivity index is 1.38. The van der Waals surface area contributed by atoms with Gasteiger partial charge in [-0.2, -0.15) is 0 Å². The number of hydrogen-bond donors (Lipinski definition) is 1. The molecule has 0 radical (unpaired) electrons. The van der Waals surface area contributed by atoms with E-state index >= 15 is 0 Å². The van der Waals surface area contributed by atoms with E-state index in [1.54, 1.807) is 7.11 Å². The van der Waals surface area contributed by atoms with E-state index in [4.69, 9.17) is 4.74 Å². The molecule has 7 heteroatoms. The number of fused-ring (bicyclic) bond motifs is 1. The highest BCUT2D eigenvalue weighted by Gasteiger charge is 2.54. The Morgan fingerprint density at radius 3 is 2.05 bits per heavy atom. The predicted octanol–water partition coefficient (Wildman–Crippen LogP) is 6.18.